The summed E-state index contributed by atoms with van der Waals surface area (Å²) in [5.41, 5.74) is 5.20. The molecule has 2 heterocycles. The summed E-state index contributed by atoms with van der Waals surface area (Å²) >= 11 is 1.69. The SMILES string of the molecule is CC[C@@H](CC(=O)O)c1ccc(N2CCOC[C@@H]2C(C)C)c(Nc2ccc3nc(C)sc3c2)c1. The van der Waals surface area contributed by atoms with E-state index in [1.807, 2.05) is 13.8 Å². The van der Waals surface area contributed by atoms with E-state index in [2.05, 4.69) is 65.4 Å². The molecule has 4 rings (SSSR count). The first kappa shape index (κ1) is 23.5. The van der Waals surface area contributed by atoms with Crippen LogP contribution in [-0.4, -0.2) is 41.9 Å². The van der Waals surface area contributed by atoms with Crippen molar-refractivity contribution in [3.05, 3.63) is 47.0 Å². The maximum atomic E-state index is 11.4. The summed E-state index contributed by atoms with van der Waals surface area (Å²) < 4.78 is 6.95. The Morgan fingerprint density at radius 2 is 2.12 bits per heavy atom. The molecule has 1 aliphatic heterocycles. The van der Waals surface area contributed by atoms with Gasteiger partial charge in [0.15, 0.2) is 0 Å². The molecule has 1 fully saturated rings. The van der Waals surface area contributed by atoms with E-state index >= 15 is 0 Å². The highest BCUT2D eigenvalue weighted by Gasteiger charge is 2.28. The molecule has 1 saturated heterocycles. The number of hydrogen-bond donors (Lipinski definition) is 2. The number of aromatic nitrogens is 1. The van der Waals surface area contributed by atoms with Gasteiger partial charge >= 0.3 is 5.97 Å². The number of carboxylic acid groups (broad SMARTS) is 1. The Balaban J connectivity index is 1.75. The average Bonchev–Trinajstić information content (AvgIpc) is 3.16. The van der Waals surface area contributed by atoms with Crippen LogP contribution in [0, 0.1) is 12.8 Å². The maximum Gasteiger partial charge on any atom is 0.303 e. The third kappa shape index (κ3) is 5.31. The zero-order valence-electron chi connectivity index (χ0n) is 19.8. The van der Waals surface area contributed by atoms with E-state index in [4.69, 9.17) is 4.74 Å². The number of thiazole rings is 1. The van der Waals surface area contributed by atoms with Crippen LogP contribution in [0.3, 0.4) is 0 Å². The van der Waals surface area contributed by atoms with Crippen LogP contribution >= 0.6 is 11.3 Å². The van der Waals surface area contributed by atoms with Crippen LogP contribution < -0.4 is 10.2 Å². The van der Waals surface area contributed by atoms with Gasteiger partial charge in [0.1, 0.15) is 0 Å². The van der Waals surface area contributed by atoms with Crippen molar-refractivity contribution in [2.75, 3.05) is 30.0 Å². The highest BCUT2D eigenvalue weighted by atomic mass is 32.1. The van der Waals surface area contributed by atoms with Gasteiger partial charge in [0.2, 0.25) is 0 Å². The number of benzene rings is 2. The molecule has 0 bridgehead atoms. The lowest BCUT2D eigenvalue weighted by Gasteiger charge is -2.40. The largest absolute Gasteiger partial charge is 0.481 e. The van der Waals surface area contributed by atoms with Gasteiger partial charge in [0, 0.05) is 12.2 Å². The smallest absolute Gasteiger partial charge is 0.303 e. The van der Waals surface area contributed by atoms with Crippen LogP contribution in [0.25, 0.3) is 10.2 Å². The Kier molecular flexibility index (Phi) is 7.20. The highest BCUT2D eigenvalue weighted by molar-refractivity contribution is 7.18. The summed E-state index contributed by atoms with van der Waals surface area (Å²) in [7, 11) is 0. The van der Waals surface area contributed by atoms with Crippen LogP contribution in [-0.2, 0) is 9.53 Å². The van der Waals surface area contributed by atoms with Crippen LogP contribution in [0.5, 0.6) is 0 Å². The van der Waals surface area contributed by atoms with E-state index in [1.54, 1.807) is 11.3 Å². The summed E-state index contributed by atoms with van der Waals surface area (Å²) in [6.07, 6.45) is 0.914. The van der Waals surface area contributed by atoms with Crippen molar-refractivity contribution in [3.8, 4) is 0 Å². The first-order valence-electron chi connectivity index (χ1n) is 11.7. The molecule has 3 aromatic rings. The molecule has 0 saturated carbocycles. The first-order valence-corrected chi connectivity index (χ1v) is 12.5. The maximum absolute atomic E-state index is 11.4. The second-order valence-electron chi connectivity index (χ2n) is 9.10. The van der Waals surface area contributed by atoms with Gasteiger partial charge in [-0.3, -0.25) is 4.79 Å². The topological polar surface area (TPSA) is 74.7 Å². The second kappa shape index (κ2) is 10.1. The summed E-state index contributed by atoms with van der Waals surface area (Å²) in [6, 6.07) is 12.9. The zero-order valence-corrected chi connectivity index (χ0v) is 20.6. The number of nitrogens with one attached hydrogen (secondary N) is 1. The molecule has 0 aliphatic carbocycles. The molecule has 33 heavy (non-hydrogen) atoms. The molecular weight excluding hydrogens is 434 g/mol. The van der Waals surface area contributed by atoms with Crippen molar-refractivity contribution in [1.29, 1.82) is 0 Å². The zero-order chi connectivity index (χ0) is 23.5. The van der Waals surface area contributed by atoms with Gasteiger partial charge < -0.3 is 20.1 Å². The van der Waals surface area contributed by atoms with Crippen molar-refractivity contribution in [3.63, 3.8) is 0 Å². The Hall–Kier alpha value is -2.64. The van der Waals surface area contributed by atoms with E-state index < -0.39 is 5.97 Å². The molecule has 0 radical (unpaired) electrons. The fourth-order valence-electron chi connectivity index (χ4n) is 4.61. The van der Waals surface area contributed by atoms with Crippen molar-refractivity contribution >= 4 is 44.6 Å². The number of aliphatic carboxylic acids is 1. The lowest BCUT2D eigenvalue weighted by molar-refractivity contribution is -0.137. The summed E-state index contributed by atoms with van der Waals surface area (Å²) in [5.74, 6) is -0.335. The number of hydrogen-bond acceptors (Lipinski definition) is 6. The van der Waals surface area contributed by atoms with Crippen molar-refractivity contribution < 1.29 is 14.6 Å². The van der Waals surface area contributed by atoms with Gasteiger partial charge in [0.25, 0.3) is 0 Å². The van der Waals surface area contributed by atoms with Gasteiger partial charge in [-0.25, -0.2) is 4.98 Å². The average molecular weight is 468 g/mol. The number of morpholine rings is 1. The minimum Gasteiger partial charge on any atom is -0.481 e. The molecule has 176 valence electrons. The van der Waals surface area contributed by atoms with E-state index in [0.717, 1.165) is 50.8 Å². The molecule has 2 atom stereocenters. The second-order valence-corrected chi connectivity index (χ2v) is 10.3. The quantitative estimate of drug-likeness (QED) is 0.412. The van der Waals surface area contributed by atoms with Gasteiger partial charge in [-0.2, -0.15) is 0 Å². The number of nitrogens with zero attached hydrogens (tertiary/aromatic N) is 2. The Bertz CT molecular complexity index is 1130. The fraction of sp³-hybridized carbons (Fsp3) is 0.462. The van der Waals surface area contributed by atoms with Crippen LogP contribution in [0.2, 0.25) is 0 Å². The monoisotopic (exact) mass is 467 g/mol. The third-order valence-corrected chi connectivity index (χ3v) is 7.36. The van der Waals surface area contributed by atoms with E-state index in [9.17, 15) is 9.90 Å². The molecule has 1 aromatic heterocycles. The standard InChI is InChI=1S/C26H33N3O3S/c1-5-18(13-26(30)31)19-6-9-23(29-10-11-32-15-24(29)16(2)3)22(12-19)28-20-7-8-21-25(14-20)33-17(4)27-21/h6-9,12,14,16,18,24,28H,5,10-11,13,15H2,1-4H3,(H,30,31)/t18-,24+/m0/s1. The third-order valence-electron chi connectivity index (χ3n) is 6.42. The minimum atomic E-state index is -0.764. The summed E-state index contributed by atoms with van der Waals surface area (Å²) in [6.45, 7) is 10.8. The Labute approximate surface area is 199 Å². The molecule has 2 aromatic carbocycles. The van der Waals surface area contributed by atoms with Crippen molar-refractivity contribution in [2.45, 2.75) is 52.5 Å². The molecule has 0 amide bonds. The van der Waals surface area contributed by atoms with E-state index in [0.29, 0.717) is 19.1 Å². The fourth-order valence-corrected chi connectivity index (χ4v) is 5.48. The van der Waals surface area contributed by atoms with E-state index in [-0.39, 0.29) is 18.4 Å². The molecule has 2 N–H and O–H groups in total. The Morgan fingerprint density at radius 3 is 2.85 bits per heavy atom. The molecule has 1 aliphatic rings. The van der Waals surface area contributed by atoms with Crippen LogP contribution in [0.4, 0.5) is 17.1 Å². The van der Waals surface area contributed by atoms with Crippen molar-refractivity contribution in [1.82, 2.24) is 4.98 Å². The highest BCUT2D eigenvalue weighted by Crippen LogP contribution is 2.37. The number of carboxylic acids is 1. The lowest BCUT2D eigenvalue weighted by atomic mass is 9.92. The normalized spacial score (nSPS) is 17.5. The van der Waals surface area contributed by atoms with Crippen LogP contribution in [0.1, 0.15) is 50.1 Å². The van der Waals surface area contributed by atoms with Crippen LogP contribution in [0.15, 0.2) is 36.4 Å². The van der Waals surface area contributed by atoms with Crippen molar-refractivity contribution in [2.24, 2.45) is 5.92 Å². The molecule has 0 unspecified atom stereocenters. The van der Waals surface area contributed by atoms with Gasteiger partial charge in [-0.05, 0) is 61.1 Å². The Morgan fingerprint density at radius 1 is 1.30 bits per heavy atom. The predicted molar refractivity (Wildman–Crippen MR) is 136 cm³/mol. The number of rotatable bonds is 8. The number of fused-ring (bicyclic) bond motifs is 1. The lowest BCUT2D eigenvalue weighted by Crippen LogP contribution is -2.48. The number of aryl methyl sites for hydroxylation is 1. The summed E-state index contributed by atoms with van der Waals surface area (Å²) in [4.78, 5) is 18.4. The molecule has 0 spiro atoms. The molecule has 6 nitrogen and oxygen atoms in total. The predicted octanol–water partition coefficient (Wildman–Crippen LogP) is 6.18. The number of ether oxygens (including phenoxy) is 1. The van der Waals surface area contributed by atoms with E-state index in [1.165, 1.54) is 0 Å². The molecule has 7 heteroatoms. The molecular formula is C26H33N3O3S. The number of anilines is 3. The minimum absolute atomic E-state index is 0.0192. The number of carbonyl (C=O) groups is 1. The van der Waals surface area contributed by atoms with Gasteiger partial charge in [0.05, 0.1) is 52.3 Å². The van der Waals surface area contributed by atoms with Gasteiger partial charge in [-0.1, -0.05) is 26.8 Å². The van der Waals surface area contributed by atoms with Gasteiger partial charge in [-0.15, -0.1) is 11.3 Å². The summed E-state index contributed by atoms with van der Waals surface area (Å²) in [5, 5.41) is 14.1. The first-order chi connectivity index (χ1) is 15.9.